The third-order valence-electron chi connectivity index (χ3n) is 2.41. The maximum absolute atomic E-state index is 8.72. The molecule has 0 aliphatic carbocycles. The van der Waals surface area contributed by atoms with Crippen LogP contribution in [0.2, 0.25) is 0 Å². The van der Waals surface area contributed by atoms with Crippen LogP contribution in [0.1, 0.15) is 26.3 Å². The Morgan fingerprint density at radius 2 is 2.31 bits per heavy atom. The van der Waals surface area contributed by atoms with E-state index < -0.39 is 0 Å². The predicted octanol–water partition coefficient (Wildman–Crippen LogP) is 1.41. The Labute approximate surface area is 95.6 Å². The summed E-state index contributed by atoms with van der Waals surface area (Å²) in [6.07, 6.45) is 1.70. The first-order chi connectivity index (χ1) is 7.61. The van der Waals surface area contributed by atoms with E-state index in [1.54, 1.807) is 18.3 Å². The number of aromatic nitrogens is 1. The smallest absolute Gasteiger partial charge is 0.173 e. The van der Waals surface area contributed by atoms with E-state index in [9.17, 15) is 0 Å². The Hall–Kier alpha value is -1.78. The van der Waals surface area contributed by atoms with Crippen molar-refractivity contribution in [3.05, 3.63) is 23.9 Å². The average Bonchev–Trinajstić information content (AvgIpc) is 2.29. The molecule has 0 saturated heterocycles. The summed E-state index contributed by atoms with van der Waals surface area (Å²) in [5, 5.41) is 11.7. The first-order valence-electron chi connectivity index (χ1n) is 5.31. The molecule has 0 fully saturated rings. The average molecular weight is 222 g/mol. The molecule has 0 radical (unpaired) electrons. The molecular formula is C11H18N4O. The van der Waals surface area contributed by atoms with Gasteiger partial charge in [0.2, 0.25) is 0 Å². The second kappa shape index (κ2) is 5.34. The molecule has 5 heteroatoms. The molecule has 0 aliphatic heterocycles. The molecule has 16 heavy (non-hydrogen) atoms. The number of hydrogen-bond donors (Lipinski definition) is 2. The van der Waals surface area contributed by atoms with Gasteiger partial charge in [-0.25, -0.2) is 4.98 Å². The molecule has 3 N–H and O–H groups in total. The van der Waals surface area contributed by atoms with E-state index in [2.05, 4.69) is 28.9 Å². The normalized spacial score (nSPS) is 11.9. The number of rotatable bonds is 4. The van der Waals surface area contributed by atoms with Crippen molar-refractivity contribution in [1.29, 1.82) is 0 Å². The van der Waals surface area contributed by atoms with Crippen LogP contribution in [0.25, 0.3) is 0 Å². The van der Waals surface area contributed by atoms with Crippen molar-refractivity contribution in [3.63, 3.8) is 0 Å². The van der Waals surface area contributed by atoms with E-state index >= 15 is 0 Å². The van der Waals surface area contributed by atoms with Gasteiger partial charge in [0.25, 0.3) is 0 Å². The Bertz CT molecular complexity index is 376. The third kappa shape index (κ3) is 2.42. The van der Waals surface area contributed by atoms with Gasteiger partial charge >= 0.3 is 0 Å². The second-order valence-electron chi connectivity index (χ2n) is 3.74. The van der Waals surface area contributed by atoms with Gasteiger partial charge in [-0.2, -0.15) is 0 Å². The summed E-state index contributed by atoms with van der Waals surface area (Å²) in [5.74, 6) is 0.831. The van der Waals surface area contributed by atoms with Crippen LogP contribution in [-0.4, -0.2) is 28.6 Å². The fourth-order valence-electron chi connectivity index (χ4n) is 1.64. The van der Waals surface area contributed by atoms with Crippen LogP contribution < -0.4 is 10.6 Å². The predicted molar refractivity (Wildman–Crippen MR) is 64.9 cm³/mol. The number of oxime groups is 1. The van der Waals surface area contributed by atoms with Crippen LogP contribution in [-0.2, 0) is 0 Å². The van der Waals surface area contributed by atoms with Gasteiger partial charge in [0, 0.05) is 18.8 Å². The van der Waals surface area contributed by atoms with Gasteiger partial charge in [-0.05, 0) is 32.9 Å². The zero-order chi connectivity index (χ0) is 12.1. The zero-order valence-corrected chi connectivity index (χ0v) is 9.88. The Balaban J connectivity index is 3.21. The second-order valence-corrected chi connectivity index (χ2v) is 3.74. The van der Waals surface area contributed by atoms with Crippen molar-refractivity contribution in [2.45, 2.75) is 26.8 Å². The molecule has 0 aromatic carbocycles. The largest absolute Gasteiger partial charge is 0.409 e. The quantitative estimate of drug-likeness (QED) is 0.349. The maximum Gasteiger partial charge on any atom is 0.173 e. The van der Waals surface area contributed by atoms with Gasteiger partial charge in [0.15, 0.2) is 5.84 Å². The Morgan fingerprint density at radius 3 is 2.81 bits per heavy atom. The first kappa shape index (κ1) is 12.3. The summed E-state index contributed by atoms with van der Waals surface area (Å²) in [4.78, 5) is 6.38. The molecule has 0 atom stereocenters. The van der Waals surface area contributed by atoms with Gasteiger partial charge in [0.1, 0.15) is 5.82 Å². The molecule has 0 unspecified atom stereocenters. The molecule has 0 amide bonds. The lowest BCUT2D eigenvalue weighted by Gasteiger charge is -2.27. The highest BCUT2D eigenvalue weighted by atomic mass is 16.4. The van der Waals surface area contributed by atoms with Gasteiger partial charge in [0.05, 0.1) is 5.56 Å². The number of amidine groups is 1. The van der Waals surface area contributed by atoms with E-state index in [4.69, 9.17) is 10.9 Å². The van der Waals surface area contributed by atoms with Crippen molar-refractivity contribution < 1.29 is 5.21 Å². The zero-order valence-electron chi connectivity index (χ0n) is 9.88. The molecule has 0 aliphatic rings. The summed E-state index contributed by atoms with van der Waals surface area (Å²) < 4.78 is 0. The molecule has 1 rings (SSSR count). The lowest BCUT2D eigenvalue weighted by molar-refractivity contribution is 0.318. The topological polar surface area (TPSA) is 74.7 Å². The lowest BCUT2D eigenvalue weighted by Crippen LogP contribution is -2.33. The molecule has 1 aromatic heterocycles. The van der Waals surface area contributed by atoms with Gasteiger partial charge < -0.3 is 15.8 Å². The number of pyridine rings is 1. The van der Waals surface area contributed by atoms with Crippen LogP contribution in [0.5, 0.6) is 0 Å². The van der Waals surface area contributed by atoms with Crippen LogP contribution in [0.15, 0.2) is 23.5 Å². The van der Waals surface area contributed by atoms with Gasteiger partial charge in [-0.1, -0.05) is 5.16 Å². The highest BCUT2D eigenvalue weighted by Crippen LogP contribution is 2.18. The summed E-state index contributed by atoms with van der Waals surface area (Å²) in [5.41, 5.74) is 6.27. The summed E-state index contributed by atoms with van der Waals surface area (Å²) in [6.45, 7) is 7.02. The maximum atomic E-state index is 8.72. The van der Waals surface area contributed by atoms with Crippen LogP contribution in [0.4, 0.5) is 5.82 Å². The van der Waals surface area contributed by atoms with E-state index in [1.807, 2.05) is 6.92 Å². The highest BCUT2D eigenvalue weighted by Gasteiger charge is 2.15. The van der Waals surface area contributed by atoms with E-state index in [1.165, 1.54) is 0 Å². The minimum atomic E-state index is 0.0854. The SMILES string of the molecule is CCN(c1ncccc1/C(N)=N/O)C(C)C. The molecule has 0 spiro atoms. The summed E-state index contributed by atoms with van der Waals surface area (Å²) in [7, 11) is 0. The molecule has 0 saturated carbocycles. The van der Waals surface area contributed by atoms with Crippen molar-refractivity contribution >= 4 is 11.7 Å². The number of nitrogens with two attached hydrogens (primary N) is 1. The highest BCUT2D eigenvalue weighted by molar-refractivity contribution is 6.01. The Kier molecular flexibility index (Phi) is 4.10. The van der Waals surface area contributed by atoms with E-state index in [-0.39, 0.29) is 5.84 Å². The van der Waals surface area contributed by atoms with Crippen molar-refractivity contribution in [3.8, 4) is 0 Å². The van der Waals surface area contributed by atoms with Crippen molar-refractivity contribution in [2.75, 3.05) is 11.4 Å². The molecule has 1 aromatic rings. The van der Waals surface area contributed by atoms with E-state index in [0.717, 1.165) is 12.4 Å². The molecular weight excluding hydrogens is 204 g/mol. The fourth-order valence-corrected chi connectivity index (χ4v) is 1.64. The van der Waals surface area contributed by atoms with Crippen LogP contribution in [0.3, 0.4) is 0 Å². The molecule has 1 heterocycles. The molecule has 0 bridgehead atoms. The molecule has 88 valence electrons. The number of nitrogens with zero attached hydrogens (tertiary/aromatic N) is 3. The summed E-state index contributed by atoms with van der Waals surface area (Å²) in [6, 6.07) is 3.87. The van der Waals surface area contributed by atoms with E-state index in [0.29, 0.717) is 11.6 Å². The van der Waals surface area contributed by atoms with Crippen molar-refractivity contribution in [1.82, 2.24) is 4.98 Å². The van der Waals surface area contributed by atoms with Crippen LogP contribution in [0, 0.1) is 0 Å². The van der Waals surface area contributed by atoms with Crippen LogP contribution >= 0.6 is 0 Å². The minimum Gasteiger partial charge on any atom is -0.409 e. The van der Waals surface area contributed by atoms with Gasteiger partial charge in [-0.3, -0.25) is 0 Å². The van der Waals surface area contributed by atoms with Crippen molar-refractivity contribution in [2.24, 2.45) is 10.9 Å². The number of hydrogen-bond acceptors (Lipinski definition) is 4. The standard InChI is InChI=1S/C11H18N4O/c1-4-15(8(2)3)11-9(10(12)14-16)6-5-7-13-11/h5-8,16H,4H2,1-3H3,(H2,12,14). The third-order valence-corrected chi connectivity index (χ3v) is 2.41. The number of anilines is 1. The lowest BCUT2D eigenvalue weighted by atomic mass is 10.2. The monoisotopic (exact) mass is 222 g/mol. The summed E-state index contributed by atoms with van der Waals surface area (Å²) >= 11 is 0. The van der Waals surface area contributed by atoms with Gasteiger partial charge in [-0.15, -0.1) is 0 Å². The first-order valence-corrected chi connectivity index (χ1v) is 5.31. The Morgan fingerprint density at radius 1 is 1.62 bits per heavy atom. The fraction of sp³-hybridized carbons (Fsp3) is 0.455. The molecule has 5 nitrogen and oxygen atoms in total. The minimum absolute atomic E-state index is 0.0854.